The Bertz CT molecular complexity index is 784. The summed E-state index contributed by atoms with van der Waals surface area (Å²) in [5, 5.41) is 27.7. The Labute approximate surface area is 151 Å². The van der Waals surface area contributed by atoms with Crippen LogP contribution in [0.4, 0.5) is 0 Å². The molecule has 2 N–H and O–H groups in total. The molecule has 132 valence electrons. The number of hydrogen-bond donors (Lipinski definition) is 2. The second-order valence-electron chi connectivity index (χ2n) is 5.66. The van der Waals surface area contributed by atoms with Crippen molar-refractivity contribution in [2.45, 2.75) is 18.9 Å². The highest BCUT2D eigenvalue weighted by Gasteiger charge is 2.29. The van der Waals surface area contributed by atoms with Gasteiger partial charge in [-0.2, -0.15) is 5.26 Å². The minimum atomic E-state index is -1.23. The Balaban J connectivity index is 2.47. The summed E-state index contributed by atoms with van der Waals surface area (Å²) in [7, 11) is 0. The molecule has 0 aliphatic rings. The molecule has 6 heteroatoms. The molecule has 0 radical (unpaired) electrons. The summed E-state index contributed by atoms with van der Waals surface area (Å²) in [6.07, 6.45) is -0.500. The van der Waals surface area contributed by atoms with Gasteiger partial charge in [-0.3, -0.25) is 14.6 Å². The molecule has 0 aliphatic heterocycles. The van der Waals surface area contributed by atoms with Crippen LogP contribution in [0, 0.1) is 17.2 Å². The first-order chi connectivity index (χ1) is 12.5. The first-order valence-corrected chi connectivity index (χ1v) is 8.05. The molecule has 2 aromatic rings. The van der Waals surface area contributed by atoms with E-state index in [1.807, 2.05) is 66.7 Å². The Hall–Kier alpha value is -3.46. The summed E-state index contributed by atoms with van der Waals surface area (Å²) >= 11 is 0. The first kappa shape index (κ1) is 18.9. The fourth-order valence-corrected chi connectivity index (χ4v) is 2.55. The zero-order chi connectivity index (χ0) is 18.9. The van der Waals surface area contributed by atoms with E-state index in [2.05, 4.69) is 4.99 Å². The Kier molecular flexibility index (Phi) is 6.63. The average Bonchev–Trinajstić information content (AvgIpc) is 2.65. The smallest absolute Gasteiger partial charge is 0.309 e. The summed E-state index contributed by atoms with van der Waals surface area (Å²) in [5.74, 6) is -3.54. The van der Waals surface area contributed by atoms with Gasteiger partial charge in [-0.05, 0) is 6.42 Å². The van der Waals surface area contributed by atoms with Gasteiger partial charge in [0, 0.05) is 17.5 Å². The fourth-order valence-electron chi connectivity index (χ4n) is 2.55. The van der Waals surface area contributed by atoms with E-state index >= 15 is 0 Å². The van der Waals surface area contributed by atoms with Crippen LogP contribution in [0.2, 0.25) is 0 Å². The summed E-state index contributed by atoms with van der Waals surface area (Å²) in [4.78, 5) is 26.8. The van der Waals surface area contributed by atoms with Crippen LogP contribution in [0.25, 0.3) is 0 Å². The normalized spacial score (nSPS) is 12.4. The maximum Gasteiger partial charge on any atom is 0.309 e. The Morgan fingerprint density at radius 2 is 1.46 bits per heavy atom. The van der Waals surface area contributed by atoms with Gasteiger partial charge in [0.15, 0.2) is 6.04 Å². The van der Waals surface area contributed by atoms with E-state index in [1.165, 1.54) is 0 Å². The number of rotatable bonds is 8. The number of carbonyl (C=O) groups is 2. The van der Waals surface area contributed by atoms with Crippen molar-refractivity contribution in [2.24, 2.45) is 10.9 Å². The Morgan fingerprint density at radius 3 is 1.85 bits per heavy atom. The molecule has 0 aromatic heterocycles. The van der Waals surface area contributed by atoms with Crippen LogP contribution < -0.4 is 0 Å². The molecular weight excluding hydrogens is 332 g/mol. The summed E-state index contributed by atoms with van der Waals surface area (Å²) in [6, 6.07) is 19.0. The molecule has 2 aromatic carbocycles. The van der Waals surface area contributed by atoms with Crippen LogP contribution in [0.15, 0.2) is 65.7 Å². The van der Waals surface area contributed by atoms with Gasteiger partial charge in [-0.1, -0.05) is 60.7 Å². The van der Waals surface area contributed by atoms with Gasteiger partial charge < -0.3 is 10.2 Å². The highest BCUT2D eigenvalue weighted by Crippen LogP contribution is 2.19. The van der Waals surface area contributed by atoms with E-state index in [-0.39, 0.29) is 12.8 Å². The second kappa shape index (κ2) is 9.14. The van der Waals surface area contributed by atoms with Crippen molar-refractivity contribution in [3.8, 4) is 6.07 Å². The van der Waals surface area contributed by atoms with Crippen molar-refractivity contribution in [3.63, 3.8) is 0 Å². The molecule has 26 heavy (non-hydrogen) atoms. The highest BCUT2D eigenvalue weighted by molar-refractivity contribution is 6.13. The molecule has 0 heterocycles. The lowest BCUT2D eigenvalue weighted by molar-refractivity contribution is -0.143. The molecular formula is C20H18N2O4. The monoisotopic (exact) mass is 350 g/mol. The van der Waals surface area contributed by atoms with E-state index in [0.717, 1.165) is 11.1 Å². The largest absolute Gasteiger partial charge is 0.481 e. The topological polar surface area (TPSA) is 111 Å². The van der Waals surface area contributed by atoms with Crippen molar-refractivity contribution in [1.82, 2.24) is 0 Å². The number of carboxylic acid groups (broad SMARTS) is 2. The molecule has 2 rings (SSSR count). The molecule has 0 fully saturated rings. The lowest BCUT2D eigenvalue weighted by Crippen LogP contribution is -2.28. The predicted octanol–water partition coefficient (Wildman–Crippen LogP) is 2.98. The standard InChI is InChI=1S/C20H18N2O4/c21-13-17(16(20(25)26)11-12-18(23)24)22-19(14-7-3-1-4-8-14)15-9-5-2-6-10-15/h1-10,16-17H,11-12H2,(H,23,24)(H,25,26). The zero-order valence-corrected chi connectivity index (χ0v) is 13.9. The molecule has 0 amide bonds. The van der Waals surface area contributed by atoms with Crippen LogP contribution in [0.3, 0.4) is 0 Å². The number of nitriles is 1. The lowest BCUT2D eigenvalue weighted by atomic mass is 9.94. The summed E-state index contributed by atoms with van der Waals surface area (Å²) in [6.45, 7) is 0. The van der Waals surface area contributed by atoms with Gasteiger partial charge in [0.05, 0.1) is 17.7 Å². The molecule has 2 unspecified atom stereocenters. The maximum atomic E-state index is 11.6. The van der Waals surface area contributed by atoms with Crippen molar-refractivity contribution in [3.05, 3.63) is 71.8 Å². The number of benzene rings is 2. The van der Waals surface area contributed by atoms with Gasteiger partial charge in [0.1, 0.15) is 0 Å². The van der Waals surface area contributed by atoms with Crippen molar-refractivity contribution in [2.75, 3.05) is 0 Å². The predicted molar refractivity (Wildman–Crippen MR) is 95.9 cm³/mol. The van der Waals surface area contributed by atoms with Gasteiger partial charge in [0.25, 0.3) is 0 Å². The van der Waals surface area contributed by atoms with Crippen molar-refractivity contribution < 1.29 is 19.8 Å². The third-order valence-corrected chi connectivity index (χ3v) is 3.86. The van der Waals surface area contributed by atoms with Gasteiger partial charge >= 0.3 is 11.9 Å². The molecule has 0 saturated carbocycles. The van der Waals surface area contributed by atoms with Crippen LogP contribution >= 0.6 is 0 Å². The minimum absolute atomic E-state index is 0.163. The second-order valence-corrected chi connectivity index (χ2v) is 5.66. The number of aliphatic imine (C=N–C) groups is 1. The number of hydrogen-bond acceptors (Lipinski definition) is 4. The van der Waals surface area contributed by atoms with E-state index < -0.39 is 23.9 Å². The summed E-state index contributed by atoms with van der Waals surface area (Å²) in [5.41, 5.74) is 2.00. The van der Waals surface area contributed by atoms with Crippen LogP contribution in [-0.2, 0) is 9.59 Å². The number of aliphatic carboxylic acids is 2. The van der Waals surface area contributed by atoms with E-state index in [9.17, 15) is 20.0 Å². The molecule has 0 aliphatic carbocycles. The molecule has 0 saturated heterocycles. The number of nitrogens with zero attached hydrogens (tertiary/aromatic N) is 2. The third kappa shape index (κ3) is 5.02. The van der Waals surface area contributed by atoms with Crippen molar-refractivity contribution >= 4 is 17.7 Å². The molecule has 0 spiro atoms. The lowest BCUT2D eigenvalue weighted by Gasteiger charge is -2.16. The van der Waals surface area contributed by atoms with Crippen LogP contribution in [-0.4, -0.2) is 33.9 Å². The van der Waals surface area contributed by atoms with E-state index in [0.29, 0.717) is 5.71 Å². The third-order valence-electron chi connectivity index (χ3n) is 3.86. The zero-order valence-electron chi connectivity index (χ0n) is 13.9. The van der Waals surface area contributed by atoms with E-state index in [4.69, 9.17) is 5.11 Å². The summed E-state index contributed by atoms with van der Waals surface area (Å²) < 4.78 is 0. The Morgan fingerprint density at radius 1 is 0.962 bits per heavy atom. The van der Waals surface area contributed by atoms with Crippen molar-refractivity contribution in [1.29, 1.82) is 5.26 Å². The fraction of sp³-hybridized carbons (Fsp3) is 0.200. The first-order valence-electron chi connectivity index (χ1n) is 8.05. The average molecular weight is 350 g/mol. The molecule has 2 atom stereocenters. The van der Waals surface area contributed by atoms with Gasteiger partial charge in [0.2, 0.25) is 0 Å². The molecule has 6 nitrogen and oxygen atoms in total. The van der Waals surface area contributed by atoms with Crippen LogP contribution in [0.5, 0.6) is 0 Å². The molecule has 0 bridgehead atoms. The maximum absolute atomic E-state index is 11.6. The minimum Gasteiger partial charge on any atom is -0.481 e. The highest BCUT2D eigenvalue weighted by atomic mass is 16.4. The SMILES string of the molecule is N#CC(N=C(c1ccccc1)c1ccccc1)C(CCC(=O)O)C(=O)O. The number of carboxylic acids is 2. The van der Waals surface area contributed by atoms with Gasteiger partial charge in [-0.25, -0.2) is 0 Å². The van der Waals surface area contributed by atoms with Gasteiger partial charge in [-0.15, -0.1) is 0 Å². The van der Waals surface area contributed by atoms with E-state index in [1.54, 1.807) is 0 Å². The van der Waals surface area contributed by atoms with Crippen LogP contribution in [0.1, 0.15) is 24.0 Å². The quantitative estimate of drug-likeness (QED) is 0.711.